The number of halogens is 1. The van der Waals surface area contributed by atoms with Gasteiger partial charge in [-0.2, -0.15) is 0 Å². The molecular weight excluding hydrogens is 328 g/mol. The van der Waals surface area contributed by atoms with Gasteiger partial charge in [0.1, 0.15) is 0 Å². The first kappa shape index (κ1) is 18.0. The van der Waals surface area contributed by atoms with E-state index in [2.05, 4.69) is 19.9 Å². The number of hydrogen-bond donors (Lipinski definition) is 0. The first-order chi connectivity index (χ1) is 10.9. The fraction of sp³-hybridized carbons (Fsp3) is 0.368. The van der Waals surface area contributed by atoms with Gasteiger partial charge >= 0.3 is 0 Å². The van der Waals surface area contributed by atoms with Crippen molar-refractivity contribution in [3.05, 3.63) is 53.1 Å². The van der Waals surface area contributed by atoms with Gasteiger partial charge in [-0.05, 0) is 59.7 Å². The van der Waals surface area contributed by atoms with E-state index in [9.17, 15) is 8.42 Å². The van der Waals surface area contributed by atoms with Gasteiger partial charge < -0.3 is 0 Å². The lowest BCUT2D eigenvalue weighted by Crippen LogP contribution is -2.04. The normalized spacial score (nSPS) is 11.9. The highest BCUT2D eigenvalue weighted by atomic mass is 35.5. The molecule has 0 saturated carbocycles. The maximum atomic E-state index is 12.2. The smallest absolute Gasteiger partial charge is 0.178 e. The Labute approximate surface area is 144 Å². The molecule has 0 atom stereocenters. The largest absolute Gasteiger partial charge is 0.224 e. The van der Waals surface area contributed by atoms with Gasteiger partial charge in [-0.3, -0.25) is 0 Å². The molecule has 2 nitrogen and oxygen atoms in total. The highest BCUT2D eigenvalue weighted by Crippen LogP contribution is 2.35. The second kappa shape index (κ2) is 7.50. The molecule has 0 aliphatic rings. The zero-order valence-corrected chi connectivity index (χ0v) is 15.4. The van der Waals surface area contributed by atoms with Crippen LogP contribution < -0.4 is 0 Å². The third kappa shape index (κ3) is 3.96. The van der Waals surface area contributed by atoms with Crippen LogP contribution >= 0.6 is 11.6 Å². The maximum absolute atomic E-state index is 12.2. The Morgan fingerprint density at radius 1 is 1.00 bits per heavy atom. The molecule has 0 radical (unpaired) electrons. The molecule has 0 fully saturated rings. The molecule has 23 heavy (non-hydrogen) atoms. The molecular formula is C19H23ClO2S. The quantitative estimate of drug-likeness (QED) is 0.669. The predicted molar refractivity (Wildman–Crippen MR) is 97.9 cm³/mol. The Morgan fingerprint density at radius 2 is 1.70 bits per heavy atom. The zero-order valence-electron chi connectivity index (χ0n) is 13.8. The average Bonchev–Trinajstić information content (AvgIpc) is 2.57. The Bertz CT molecular complexity index is 778. The van der Waals surface area contributed by atoms with E-state index in [1.165, 1.54) is 5.56 Å². The molecule has 2 aromatic carbocycles. The standard InChI is InChI=1S/C19H23ClO2S/c1-4-14(5-2)18-11-10-16(20)13-19(18)15-8-7-9-17(12-15)23(21,22)6-3/h7-14H,4-6H2,1-3H3. The molecule has 0 saturated heterocycles. The van der Waals surface area contributed by atoms with Crippen LogP contribution in [0.5, 0.6) is 0 Å². The lowest BCUT2D eigenvalue weighted by molar-refractivity contribution is 0.597. The van der Waals surface area contributed by atoms with Gasteiger partial charge in [0.15, 0.2) is 9.84 Å². The number of rotatable bonds is 6. The molecule has 2 aromatic rings. The van der Waals surface area contributed by atoms with Crippen molar-refractivity contribution in [3.63, 3.8) is 0 Å². The van der Waals surface area contributed by atoms with Gasteiger partial charge in [-0.25, -0.2) is 8.42 Å². The monoisotopic (exact) mass is 350 g/mol. The second-order valence-corrected chi connectivity index (χ2v) is 8.39. The minimum atomic E-state index is -3.22. The van der Waals surface area contributed by atoms with E-state index in [0.717, 1.165) is 24.0 Å². The molecule has 124 valence electrons. The minimum Gasteiger partial charge on any atom is -0.224 e. The summed E-state index contributed by atoms with van der Waals surface area (Å²) in [4.78, 5) is 0.368. The van der Waals surface area contributed by atoms with Crippen LogP contribution in [0.1, 0.15) is 45.1 Å². The summed E-state index contributed by atoms with van der Waals surface area (Å²) < 4.78 is 24.3. The van der Waals surface area contributed by atoms with E-state index >= 15 is 0 Å². The summed E-state index contributed by atoms with van der Waals surface area (Å²) in [5.74, 6) is 0.541. The van der Waals surface area contributed by atoms with Gasteiger partial charge in [0.05, 0.1) is 10.6 Å². The molecule has 0 N–H and O–H groups in total. The van der Waals surface area contributed by atoms with Crippen molar-refractivity contribution < 1.29 is 8.42 Å². The summed E-state index contributed by atoms with van der Waals surface area (Å²) in [6.45, 7) is 6.01. The molecule has 0 unspecified atom stereocenters. The van der Waals surface area contributed by atoms with Crippen molar-refractivity contribution in [1.82, 2.24) is 0 Å². The van der Waals surface area contributed by atoms with Crippen LogP contribution in [0.4, 0.5) is 0 Å². The summed E-state index contributed by atoms with van der Waals surface area (Å²) in [5, 5.41) is 0.665. The van der Waals surface area contributed by atoms with Gasteiger partial charge in [-0.1, -0.05) is 50.6 Å². The lowest BCUT2D eigenvalue weighted by Gasteiger charge is -2.18. The van der Waals surface area contributed by atoms with Crippen LogP contribution in [0.2, 0.25) is 5.02 Å². The summed E-state index contributed by atoms with van der Waals surface area (Å²) in [6.07, 6.45) is 2.08. The number of hydrogen-bond acceptors (Lipinski definition) is 2. The van der Waals surface area contributed by atoms with Crippen molar-refractivity contribution in [3.8, 4) is 11.1 Å². The summed E-state index contributed by atoms with van der Waals surface area (Å²) in [6, 6.07) is 13.1. The molecule has 0 heterocycles. The molecule has 0 aliphatic heterocycles. The van der Waals surface area contributed by atoms with Crippen molar-refractivity contribution in [2.45, 2.75) is 44.4 Å². The van der Waals surface area contributed by atoms with E-state index in [4.69, 9.17) is 11.6 Å². The Balaban J connectivity index is 2.62. The third-order valence-electron chi connectivity index (χ3n) is 4.32. The van der Waals surface area contributed by atoms with E-state index in [-0.39, 0.29) is 5.75 Å². The first-order valence-corrected chi connectivity index (χ1v) is 10.1. The van der Waals surface area contributed by atoms with E-state index < -0.39 is 9.84 Å². The van der Waals surface area contributed by atoms with Crippen molar-refractivity contribution >= 4 is 21.4 Å². The van der Waals surface area contributed by atoms with Gasteiger partial charge in [-0.15, -0.1) is 0 Å². The molecule has 0 bridgehead atoms. The Hall–Kier alpha value is -1.32. The SMILES string of the molecule is CCC(CC)c1ccc(Cl)cc1-c1cccc(S(=O)(=O)CC)c1. The summed E-state index contributed by atoms with van der Waals surface area (Å²) in [7, 11) is -3.22. The fourth-order valence-corrected chi connectivity index (χ4v) is 3.98. The van der Waals surface area contributed by atoms with Crippen molar-refractivity contribution in [2.75, 3.05) is 5.75 Å². The summed E-state index contributed by atoms with van der Waals surface area (Å²) >= 11 is 6.20. The van der Waals surface area contributed by atoms with Gasteiger partial charge in [0.25, 0.3) is 0 Å². The van der Waals surface area contributed by atoms with Crippen LogP contribution in [0, 0.1) is 0 Å². The molecule has 0 spiro atoms. The van der Waals surface area contributed by atoms with Crippen LogP contribution in [-0.2, 0) is 9.84 Å². The number of benzene rings is 2. The Kier molecular flexibility index (Phi) is 5.88. The average molecular weight is 351 g/mol. The molecule has 4 heteroatoms. The summed E-state index contributed by atoms with van der Waals surface area (Å²) in [5.41, 5.74) is 3.16. The van der Waals surface area contributed by atoms with Crippen molar-refractivity contribution in [2.24, 2.45) is 0 Å². The van der Waals surface area contributed by atoms with E-state index in [1.807, 2.05) is 18.2 Å². The first-order valence-electron chi connectivity index (χ1n) is 8.05. The van der Waals surface area contributed by atoms with Crippen LogP contribution in [0.3, 0.4) is 0 Å². The van der Waals surface area contributed by atoms with E-state index in [1.54, 1.807) is 25.1 Å². The Morgan fingerprint density at radius 3 is 2.30 bits per heavy atom. The molecule has 0 aliphatic carbocycles. The second-order valence-electron chi connectivity index (χ2n) is 5.68. The number of sulfone groups is 1. The topological polar surface area (TPSA) is 34.1 Å². The lowest BCUT2D eigenvalue weighted by atomic mass is 9.87. The predicted octanol–water partition coefficient (Wildman–Crippen LogP) is 5.70. The fourth-order valence-electron chi connectivity index (χ4n) is 2.89. The van der Waals surface area contributed by atoms with Crippen LogP contribution in [0.25, 0.3) is 11.1 Å². The van der Waals surface area contributed by atoms with E-state index in [0.29, 0.717) is 15.8 Å². The highest BCUT2D eigenvalue weighted by molar-refractivity contribution is 7.91. The third-order valence-corrected chi connectivity index (χ3v) is 6.29. The molecule has 0 aromatic heterocycles. The van der Waals surface area contributed by atoms with Gasteiger partial charge in [0, 0.05) is 5.02 Å². The van der Waals surface area contributed by atoms with Crippen molar-refractivity contribution in [1.29, 1.82) is 0 Å². The minimum absolute atomic E-state index is 0.103. The molecule has 2 rings (SSSR count). The van der Waals surface area contributed by atoms with Crippen LogP contribution in [0.15, 0.2) is 47.4 Å². The van der Waals surface area contributed by atoms with Gasteiger partial charge in [0.2, 0.25) is 0 Å². The zero-order chi connectivity index (χ0) is 17.0. The van der Waals surface area contributed by atoms with Crippen LogP contribution in [-0.4, -0.2) is 14.2 Å². The highest BCUT2D eigenvalue weighted by Gasteiger charge is 2.16. The maximum Gasteiger partial charge on any atom is 0.178 e. The molecule has 0 amide bonds.